The maximum atomic E-state index is 11.3. The van der Waals surface area contributed by atoms with Crippen molar-refractivity contribution in [3.63, 3.8) is 0 Å². The molecule has 0 aromatic heterocycles. The van der Waals surface area contributed by atoms with E-state index in [4.69, 9.17) is 0 Å². The molecule has 0 aliphatic carbocycles. The second-order valence-corrected chi connectivity index (χ2v) is 6.37. The Morgan fingerprint density at radius 3 is 2.25 bits per heavy atom. The van der Waals surface area contributed by atoms with Crippen LogP contribution in [0.2, 0.25) is 0 Å². The van der Waals surface area contributed by atoms with Gasteiger partial charge in [0.05, 0.1) is 5.75 Å². The Morgan fingerprint density at radius 2 is 1.81 bits per heavy atom. The molecule has 0 aromatic carbocycles. The molecule has 0 fully saturated rings. The first kappa shape index (κ1) is 15.2. The van der Waals surface area contributed by atoms with Gasteiger partial charge in [0.1, 0.15) is 0 Å². The van der Waals surface area contributed by atoms with Gasteiger partial charge < -0.3 is 10.6 Å². The summed E-state index contributed by atoms with van der Waals surface area (Å²) in [7, 11) is -3.26. The summed E-state index contributed by atoms with van der Waals surface area (Å²) < 4.78 is 24.8. The number of carbonyl (C=O) groups is 1. The summed E-state index contributed by atoms with van der Waals surface area (Å²) in [6, 6.07) is -0.362. The monoisotopic (exact) mass is 251 g/mol. The smallest absolute Gasteiger partial charge is 0.315 e. The molecular weight excluding hydrogens is 230 g/mol. The summed E-state index contributed by atoms with van der Waals surface area (Å²) in [5.41, 5.74) is -0.329. The molecule has 3 N–H and O–H groups in total. The van der Waals surface area contributed by atoms with Gasteiger partial charge in [-0.25, -0.2) is 17.9 Å². The minimum absolute atomic E-state index is 0.0945. The molecule has 0 aromatic rings. The molecule has 0 saturated heterocycles. The Balaban J connectivity index is 3.87. The summed E-state index contributed by atoms with van der Waals surface area (Å²) >= 11 is 0. The first-order valence-corrected chi connectivity index (χ1v) is 6.85. The van der Waals surface area contributed by atoms with Crippen molar-refractivity contribution >= 4 is 16.1 Å². The van der Waals surface area contributed by atoms with Gasteiger partial charge in [0.15, 0.2) is 0 Å². The maximum Gasteiger partial charge on any atom is 0.315 e. The van der Waals surface area contributed by atoms with E-state index >= 15 is 0 Å². The molecule has 6 nitrogen and oxygen atoms in total. The minimum atomic E-state index is -3.26. The molecule has 0 saturated carbocycles. The fourth-order valence-electron chi connectivity index (χ4n) is 0.976. The van der Waals surface area contributed by atoms with Crippen molar-refractivity contribution in [1.82, 2.24) is 15.4 Å². The van der Waals surface area contributed by atoms with Crippen LogP contribution in [-0.4, -0.2) is 38.8 Å². The Bertz CT molecular complexity index is 319. The van der Waals surface area contributed by atoms with E-state index in [0.29, 0.717) is 6.54 Å². The van der Waals surface area contributed by atoms with Gasteiger partial charge in [-0.15, -0.1) is 0 Å². The summed E-state index contributed by atoms with van der Waals surface area (Å²) in [4.78, 5) is 11.3. The third-order valence-electron chi connectivity index (χ3n) is 1.51. The quantitative estimate of drug-likeness (QED) is 0.644. The van der Waals surface area contributed by atoms with Crippen molar-refractivity contribution in [2.24, 2.45) is 0 Å². The molecule has 0 unspecified atom stereocenters. The molecule has 2 amide bonds. The van der Waals surface area contributed by atoms with Crippen LogP contribution >= 0.6 is 0 Å². The number of nitrogens with one attached hydrogen (secondary N) is 3. The predicted octanol–water partition coefficient (Wildman–Crippen LogP) is 0.0234. The van der Waals surface area contributed by atoms with Crippen LogP contribution in [0.5, 0.6) is 0 Å². The van der Waals surface area contributed by atoms with Crippen LogP contribution in [-0.2, 0) is 10.0 Å². The molecule has 0 radical (unpaired) electrons. The lowest BCUT2D eigenvalue weighted by atomic mass is 10.1. The molecule has 0 spiro atoms. The molecular formula is C9H21N3O3S. The van der Waals surface area contributed by atoms with Gasteiger partial charge >= 0.3 is 6.03 Å². The van der Waals surface area contributed by atoms with Gasteiger partial charge in [-0.2, -0.15) is 0 Å². The van der Waals surface area contributed by atoms with Crippen LogP contribution in [0.15, 0.2) is 0 Å². The first-order valence-electron chi connectivity index (χ1n) is 5.19. The summed E-state index contributed by atoms with van der Waals surface area (Å²) in [5.74, 6) is -0.113. The average Bonchev–Trinajstić information content (AvgIpc) is 1.99. The van der Waals surface area contributed by atoms with Gasteiger partial charge in [-0.3, -0.25) is 0 Å². The SMILES string of the molecule is CCNS(=O)(=O)CCNC(=O)NC(C)(C)C. The van der Waals surface area contributed by atoms with Crippen LogP contribution < -0.4 is 15.4 Å². The lowest BCUT2D eigenvalue weighted by Crippen LogP contribution is -2.47. The van der Waals surface area contributed by atoms with Gasteiger partial charge in [0.2, 0.25) is 10.0 Å². The van der Waals surface area contributed by atoms with Crippen LogP contribution in [0.3, 0.4) is 0 Å². The van der Waals surface area contributed by atoms with E-state index in [9.17, 15) is 13.2 Å². The van der Waals surface area contributed by atoms with E-state index in [2.05, 4.69) is 15.4 Å². The molecule has 7 heteroatoms. The molecule has 0 aliphatic heterocycles. The summed E-state index contributed by atoms with van der Waals surface area (Å²) in [6.45, 7) is 7.71. The van der Waals surface area contributed by atoms with E-state index in [1.54, 1.807) is 6.92 Å². The Kier molecular flexibility index (Phi) is 5.74. The third kappa shape index (κ3) is 8.49. The number of urea groups is 1. The van der Waals surface area contributed by atoms with Gasteiger partial charge in [0, 0.05) is 18.6 Å². The van der Waals surface area contributed by atoms with Crippen LogP contribution in [0.25, 0.3) is 0 Å². The van der Waals surface area contributed by atoms with E-state index in [-0.39, 0.29) is 23.9 Å². The van der Waals surface area contributed by atoms with Crippen LogP contribution in [0.1, 0.15) is 27.7 Å². The molecule has 96 valence electrons. The second-order valence-electron chi connectivity index (χ2n) is 4.45. The number of sulfonamides is 1. The van der Waals surface area contributed by atoms with E-state index < -0.39 is 10.0 Å². The van der Waals surface area contributed by atoms with E-state index in [1.165, 1.54) is 0 Å². The lowest BCUT2D eigenvalue weighted by molar-refractivity contribution is 0.232. The van der Waals surface area contributed by atoms with Gasteiger partial charge in [0.25, 0.3) is 0 Å². The van der Waals surface area contributed by atoms with Crippen molar-refractivity contribution in [3.05, 3.63) is 0 Å². The van der Waals surface area contributed by atoms with Gasteiger partial charge in [-0.05, 0) is 20.8 Å². The Hall–Kier alpha value is -0.820. The van der Waals surface area contributed by atoms with E-state index in [0.717, 1.165) is 0 Å². The zero-order chi connectivity index (χ0) is 12.8. The number of carbonyl (C=O) groups excluding carboxylic acids is 1. The van der Waals surface area contributed by atoms with Crippen LogP contribution in [0, 0.1) is 0 Å². The number of hydrogen-bond donors (Lipinski definition) is 3. The van der Waals surface area contributed by atoms with Crippen molar-refractivity contribution in [2.75, 3.05) is 18.8 Å². The number of amides is 2. The summed E-state index contributed by atoms with van der Waals surface area (Å²) in [6.07, 6.45) is 0. The normalized spacial score (nSPS) is 12.2. The highest BCUT2D eigenvalue weighted by atomic mass is 32.2. The van der Waals surface area contributed by atoms with Crippen molar-refractivity contribution in [3.8, 4) is 0 Å². The molecule has 16 heavy (non-hydrogen) atoms. The minimum Gasteiger partial charge on any atom is -0.337 e. The molecule has 0 atom stereocenters. The first-order chi connectivity index (χ1) is 7.16. The van der Waals surface area contributed by atoms with Gasteiger partial charge in [-0.1, -0.05) is 6.92 Å². The lowest BCUT2D eigenvalue weighted by Gasteiger charge is -2.20. The molecule has 0 heterocycles. The predicted molar refractivity (Wildman–Crippen MR) is 63.8 cm³/mol. The Labute approximate surface area is 97.2 Å². The molecule has 0 rings (SSSR count). The standard InChI is InChI=1S/C9H21N3O3S/c1-5-11-16(14,15)7-6-10-8(13)12-9(2,3)4/h11H,5-7H2,1-4H3,(H2,10,12,13). The van der Waals surface area contributed by atoms with Crippen molar-refractivity contribution in [1.29, 1.82) is 0 Å². The number of rotatable bonds is 5. The largest absolute Gasteiger partial charge is 0.337 e. The third-order valence-corrected chi connectivity index (χ3v) is 2.98. The fourth-order valence-corrected chi connectivity index (χ4v) is 1.93. The molecule has 0 bridgehead atoms. The van der Waals surface area contributed by atoms with Crippen molar-refractivity contribution in [2.45, 2.75) is 33.2 Å². The Morgan fingerprint density at radius 1 is 1.25 bits per heavy atom. The highest BCUT2D eigenvalue weighted by molar-refractivity contribution is 7.89. The summed E-state index contributed by atoms with van der Waals surface area (Å²) in [5, 5.41) is 5.16. The maximum absolute atomic E-state index is 11.3. The zero-order valence-corrected chi connectivity index (χ0v) is 11.1. The average molecular weight is 251 g/mol. The highest BCUT2D eigenvalue weighted by Gasteiger charge is 2.14. The van der Waals surface area contributed by atoms with E-state index in [1.807, 2.05) is 20.8 Å². The fraction of sp³-hybridized carbons (Fsp3) is 0.889. The second kappa shape index (κ2) is 6.05. The topological polar surface area (TPSA) is 87.3 Å². The zero-order valence-electron chi connectivity index (χ0n) is 10.3. The highest BCUT2D eigenvalue weighted by Crippen LogP contribution is 1.97. The van der Waals surface area contributed by atoms with Crippen molar-refractivity contribution < 1.29 is 13.2 Å². The van der Waals surface area contributed by atoms with Crippen LogP contribution in [0.4, 0.5) is 4.79 Å². The number of hydrogen-bond acceptors (Lipinski definition) is 3. The molecule has 0 aliphatic rings.